The fourth-order valence-corrected chi connectivity index (χ4v) is 4.82. The second-order valence-corrected chi connectivity index (χ2v) is 9.27. The summed E-state index contributed by atoms with van der Waals surface area (Å²) >= 11 is 3.36. The number of aliphatic carboxylic acids is 1. The Hall–Kier alpha value is -3.65. The zero-order valence-electron chi connectivity index (χ0n) is 19.1. The molecule has 7 nitrogen and oxygen atoms in total. The number of carboxylic acid groups (broad SMARTS) is 1. The molecule has 0 aliphatic heterocycles. The van der Waals surface area contributed by atoms with E-state index < -0.39 is 24.0 Å². The van der Waals surface area contributed by atoms with Gasteiger partial charge in [-0.25, -0.2) is 4.79 Å². The molecule has 1 aliphatic rings. The maximum Gasteiger partial charge on any atom is 0.411 e. The first-order valence-corrected chi connectivity index (χ1v) is 12.1. The minimum atomic E-state index is -0.982. The van der Waals surface area contributed by atoms with Crippen molar-refractivity contribution >= 4 is 39.6 Å². The molecule has 0 heterocycles. The number of benzene rings is 3. The topological polar surface area (TPSA) is 105 Å². The molecule has 0 saturated heterocycles. The first kappa shape index (κ1) is 24.5. The van der Waals surface area contributed by atoms with Crippen molar-refractivity contribution in [3.8, 4) is 11.1 Å². The largest absolute Gasteiger partial charge is 0.481 e. The van der Waals surface area contributed by atoms with E-state index in [2.05, 4.69) is 38.7 Å². The zero-order valence-corrected chi connectivity index (χ0v) is 20.7. The lowest BCUT2D eigenvalue weighted by molar-refractivity contribution is -0.137. The molecular weight excluding hydrogens is 512 g/mol. The van der Waals surface area contributed by atoms with E-state index in [0.29, 0.717) is 16.6 Å². The second kappa shape index (κ2) is 10.7. The van der Waals surface area contributed by atoms with Crippen molar-refractivity contribution in [2.75, 3.05) is 11.9 Å². The number of rotatable bonds is 8. The van der Waals surface area contributed by atoms with Crippen molar-refractivity contribution in [1.82, 2.24) is 5.32 Å². The van der Waals surface area contributed by atoms with Gasteiger partial charge < -0.3 is 15.2 Å². The number of halogens is 1. The van der Waals surface area contributed by atoms with E-state index in [1.807, 2.05) is 36.4 Å². The Morgan fingerprint density at radius 2 is 1.63 bits per heavy atom. The highest BCUT2D eigenvalue weighted by Gasteiger charge is 2.29. The number of carbonyl (C=O) groups excluding carboxylic acids is 2. The number of carboxylic acids is 1. The van der Waals surface area contributed by atoms with Crippen LogP contribution in [0, 0.1) is 0 Å². The number of hydrogen-bond donors (Lipinski definition) is 3. The van der Waals surface area contributed by atoms with Gasteiger partial charge in [0.2, 0.25) is 0 Å². The fourth-order valence-electron chi connectivity index (χ4n) is 4.32. The molecule has 8 heteroatoms. The van der Waals surface area contributed by atoms with Crippen LogP contribution < -0.4 is 10.6 Å². The van der Waals surface area contributed by atoms with E-state index in [-0.39, 0.29) is 24.5 Å². The molecule has 0 spiro atoms. The van der Waals surface area contributed by atoms with Gasteiger partial charge in [0, 0.05) is 27.7 Å². The third kappa shape index (κ3) is 5.71. The van der Waals surface area contributed by atoms with Crippen LogP contribution >= 0.6 is 15.9 Å². The van der Waals surface area contributed by atoms with Crippen LogP contribution in [0.2, 0.25) is 0 Å². The molecule has 0 aromatic heterocycles. The van der Waals surface area contributed by atoms with E-state index in [9.17, 15) is 14.4 Å². The quantitative estimate of drug-likeness (QED) is 0.337. The summed E-state index contributed by atoms with van der Waals surface area (Å²) in [4.78, 5) is 36.3. The van der Waals surface area contributed by atoms with Gasteiger partial charge >= 0.3 is 12.1 Å². The maximum absolute atomic E-state index is 12.7. The zero-order chi connectivity index (χ0) is 24.9. The summed E-state index contributed by atoms with van der Waals surface area (Å²) in [5.41, 5.74) is 5.20. The van der Waals surface area contributed by atoms with Gasteiger partial charge in [0.15, 0.2) is 0 Å². The molecule has 0 bridgehead atoms. The van der Waals surface area contributed by atoms with Crippen molar-refractivity contribution in [2.45, 2.75) is 31.7 Å². The predicted octanol–water partition coefficient (Wildman–Crippen LogP) is 5.79. The summed E-state index contributed by atoms with van der Waals surface area (Å²) < 4.78 is 6.17. The lowest BCUT2D eigenvalue weighted by atomic mass is 9.98. The number of carbonyl (C=O) groups is 3. The van der Waals surface area contributed by atoms with Crippen molar-refractivity contribution in [2.24, 2.45) is 0 Å². The minimum absolute atomic E-state index is 0.0581. The summed E-state index contributed by atoms with van der Waals surface area (Å²) in [5, 5.41) is 14.4. The Kier molecular flexibility index (Phi) is 7.51. The van der Waals surface area contributed by atoms with E-state index in [1.54, 1.807) is 19.1 Å². The van der Waals surface area contributed by atoms with Crippen molar-refractivity contribution in [3.63, 3.8) is 0 Å². The maximum atomic E-state index is 12.7. The number of ether oxygens (including phenoxy) is 1. The van der Waals surface area contributed by atoms with E-state index in [4.69, 9.17) is 9.84 Å². The van der Waals surface area contributed by atoms with Crippen LogP contribution in [0.5, 0.6) is 0 Å². The number of amides is 2. The van der Waals surface area contributed by atoms with Gasteiger partial charge in [-0.3, -0.25) is 14.9 Å². The van der Waals surface area contributed by atoms with Crippen LogP contribution in [-0.2, 0) is 9.53 Å². The number of fused-ring (bicyclic) bond motifs is 3. The van der Waals surface area contributed by atoms with Crippen LogP contribution in [0.1, 0.15) is 47.2 Å². The van der Waals surface area contributed by atoms with E-state index in [0.717, 1.165) is 22.3 Å². The predicted molar refractivity (Wildman–Crippen MR) is 137 cm³/mol. The molecule has 3 aromatic rings. The lowest BCUT2D eigenvalue weighted by Gasteiger charge is -2.16. The molecule has 180 valence electrons. The number of hydrogen-bond acceptors (Lipinski definition) is 4. The van der Waals surface area contributed by atoms with Crippen LogP contribution in [0.25, 0.3) is 11.1 Å². The van der Waals surface area contributed by atoms with Crippen molar-refractivity contribution in [1.29, 1.82) is 0 Å². The van der Waals surface area contributed by atoms with E-state index in [1.165, 1.54) is 6.07 Å². The fraction of sp³-hybridized carbons (Fsp3) is 0.222. The van der Waals surface area contributed by atoms with Crippen LogP contribution in [0.3, 0.4) is 0 Å². The molecule has 35 heavy (non-hydrogen) atoms. The standard InChI is InChI=1S/C27H25BrN2O5/c1-2-18(14-25(31)32)29-26(33)16-11-17(28)13-19(12-16)30-27(34)35-15-24-22-9-5-3-7-20(22)21-8-4-6-10-23(21)24/h3-13,18,24H,2,14-15H2,1H3,(H,29,33)(H,30,34)(H,31,32)/t18-/m1/s1. The first-order chi connectivity index (χ1) is 16.9. The molecule has 2 amide bonds. The van der Waals surface area contributed by atoms with Gasteiger partial charge in [-0.1, -0.05) is 71.4 Å². The summed E-state index contributed by atoms with van der Waals surface area (Å²) in [6.07, 6.45) is -0.313. The molecule has 4 rings (SSSR count). The van der Waals surface area contributed by atoms with Gasteiger partial charge in [-0.15, -0.1) is 0 Å². The van der Waals surface area contributed by atoms with Crippen molar-refractivity contribution < 1.29 is 24.2 Å². The Labute approximate surface area is 211 Å². The Balaban J connectivity index is 1.42. The minimum Gasteiger partial charge on any atom is -0.481 e. The highest BCUT2D eigenvalue weighted by atomic mass is 79.9. The molecule has 0 fully saturated rings. The van der Waals surface area contributed by atoms with E-state index >= 15 is 0 Å². The molecule has 0 radical (unpaired) electrons. The molecule has 0 unspecified atom stereocenters. The van der Waals surface area contributed by atoms with Crippen LogP contribution in [-0.4, -0.2) is 35.7 Å². The molecule has 0 saturated carbocycles. The van der Waals surface area contributed by atoms with Crippen LogP contribution in [0.4, 0.5) is 10.5 Å². The molecule has 1 aliphatic carbocycles. The Bertz CT molecular complexity index is 1230. The highest BCUT2D eigenvalue weighted by molar-refractivity contribution is 9.10. The normalized spacial score (nSPS) is 12.9. The molecule has 3 N–H and O–H groups in total. The third-order valence-electron chi connectivity index (χ3n) is 6.00. The average Bonchev–Trinajstić information content (AvgIpc) is 3.15. The van der Waals surface area contributed by atoms with Gasteiger partial charge in [0.25, 0.3) is 5.91 Å². The van der Waals surface area contributed by atoms with Gasteiger partial charge in [-0.05, 0) is 46.9 Å². The summed E-state index contributed by atoms with van der Waals surface area (Å²) in [6.45, 7) is 1.98. The summed E-state index contributed by atoms with van der Waals surface area (Å²) in [5.74, 6) is -1.46. The monoisotopic (exact) mass is 536 g/mol. The molecular formula is C27H25BrN2O5. The summed E-state index contributed by atoms with van der Waals surface area (Å²) in [7, 11) is 0. The third-order valence-corrected chi connectivity index (χ3v) is 6.46. The number of anilines is 1. The Morgan fingerprint density at radius 3 is 2.23 bits per heavy atom. The van der Waals surface area contributed by atoms with Gasteiger partial charge in [0.1, 0.15) is 6.61 Å². The van der Waals surface area contributed by atoms with Gasteiger partial charge in [-0.2, -0.15) is 0 Å². The Morgan fingerprint density at radius 1 is 1.00 bits per heavy atom. The summed E-state index contributed by atoms with van der Waals surface area (Å²) in [6, 6.07) is 20.5. The van der Waals surface area contributed by atoms with Crippen molar-refractivity contribution in [3.05, 3.63) is 87.9 Å². The van der Waals surface area contributed by atoms with Gasteiger partial charge in [0.05, 0.1) is 6.42 Å². The smallest absolute Gasteiger partial charge is 0.411 e. The SMILES string of the molecule is CC[C@H](CC(=O)O)NC(=O)c1cc(Br)cc(NC(=O)OCC2c3ccccc3-c3ccccc32)c1. The second-order valence-electron chi connectivity index (χ2n) is 8.36. The molecule has 1 atom stereocenters. The van der Waals surface area contributed by atoms with Crippen LogP contribution in [0.15, 0.2) is 71.2 Å². The lowest BCUT2D eigenvalue weighted by Crippen LogP contribution is -2.36. The number of nitrogens with one attached hydrogen (secondary N) is 2. The highest BCUT2D eigenvalue weighted by Crippen LogP contribution is 2.44. The molecule has 3 aromatic carbocycles. The average molecular weight is 537 g/mol. The first-order valence-electron chi connectivity index (χ1n) is 11.3.